The second-order valence-corrected chi connectivity index (χ2v) is 5.51. The lowest BCUT2D eigenvalue weighted by Gasteiger charge is -2.09. The van der Waals surface area contributed by atoms with Crippen LogP contribution in [0.4, 0.5) is 13.2 Å². The van der Waals surface area contributed by atoms with Gasteiger partial charge in [-0.1, -0.05) is 48.0 Å². The molecule has 4 heteroatoms. The minimum atomic E-state index is -1.23. The van der Waals surface area contributed by atoms with E-state index in [9.17, 15) is 18.0 Å². The molecule has 0 bridgehead atoms. The van der Waals surface area contributed by atoms with Crippen LogP contribution in [0.3, 0.4) is 0 Å². The third-order valence-electron chi connectivity index (χ3n) is 3.88. The summed E-state index contributed by atoms with van der Waals surface area (Å²) >= 11 is 0. The zero-order valence-corrected chi connectivity index (χ0v) is 12.8. The number of aldehydes is 1. The summed E-state index contributed by atoms with van der Waals surface area (Å²) in [4.78, 5) is 10.6. The fourth-order valence-electron chi connectivity index (χ4n) is 2.53. The molecular formula is C20H13F3O. The van der Waals surface area contributed by atoms with Gasteiger partial charge in [0.2, 0.25) is 0 Å². The second kappa shape index (κ2) is 6.32. The summed E-state index contributed by atoms with van der Waals surface area (Å²) in [5, 5.41) is 0. The van der Waals surface area contributed by atoms with E-state index < -0.39 is 17.5 Å². The minimum absolute atomic E-state index is 0.0903. The van der Waals surface area contributed by atoms with Gasteiger partial charge < -0.3 is 0 Å². The van der Waals surface area contributed by atoms with Gasteiger partial charge in [-0.15, -0.1) is 0 Å². The molecule has 0 fully saturated rings. The van der Waals surface area contributed by atoms with E-state index >= 15 is 0 Å². The van der Waals surface area contributed by atoms with Crippen LogP contribution in [0, 0.1) is 24.4 Å². The first kappa shape index (κ1) is 16.0. The SMILES string of the molecule is Cc1ccc(-c2ccc(-c3ccc(C=O)c(F)c3F)cc2F)cc1. The molecule has 0 unspecified atom stereocenters. The molecule has 0 aromatic heterocycles. The van der Waals surface area contributed by atoms with Gasteiger partial charge in [0.1, 0.15) is 5.82 Å². The van der Waals surface area contributed by atoms with Crippen LogP contribution >= 0.6 is 0 Å². The van der Waals surface area contributed by atoms with Gasteiger partial charge >= 0.3 is 0 Å². The molecule has 3 rings (SSSR count). The molecule has 0 saturated carbocycles. The van der Waals surface area contributed by atoms with Crippen molar-refractivity contribution in [1.82, 2.24) is 0 Å². The van der Waals surface area contributed by atoms with Gasteiger partial charge in [-0.25, -0.2) is 13.2 Å². The van der Waals surface area contributed by atoms with Crippen LogP contribution in [-0.2, 0) is 0 Å². The van der Waals surface area contributed by atoms with Crippen molar-refractivity contribution in [2.75, 3.05) is 0 Å². The zero-order chi connectivity index (χ0) is 17.3. The maximum Gasteiger partial charge on any atom is 0.169 e. The lowest BCUT2D eigenvalue weighted by Crippen LogP contribution is -1.96. The summed E-state index contributed by atoms with van der Waals surface area (Å²) in [6, 6.07) is 14.0. The highest BCUT2D eigenvalue weighted by Crippen LogP contribution is 2.30. The Bertz CT molecular complexity index is 915. The molecule has 0 aliphatic heterocycles. The molecule has 0 saturated heterocycles. The van der Waals surface area contributed by atoms with E-state index in [1.165, 1.54) is 24.3 Å². The molecule has 0 atom stereocenters. The monoisotopic (exact) mass is 326 g/mol. The molecule has 1 nitrogen and oxygen atoms in total. The van der Waals surface area contributed by atoms with Crippen molar-refractivity contribution in [3.05, 3.63) is 83.2 Å². The van der Waals surface area contributed by atoms with Crippen LogP contribution in [-0.4, -0.2) is 6.29 Å². The third kappa shape index (κ3) is 2.83. The number of carbonyl (C=O) groups excluding carboxylic acids is 1. The Kier molecular flexibility index (Phi) is 4.21. The summed E-state index contributed by atoms with van der Waals surface area (Å²) in [6.07, 6.45) is 0.239. The van der Waals surface area contributed by atoms with Crippen LogP contribution < -0.4 is 0 Å². The molecule has 3 aromatic carbocycles. The fourth-order valence-corrected chi connectivity index (χ4v) is 2.53. The molecule has 3 aromatic rings. The number of aryl methyl sites for hydroxylation is 1. The number of benzene rings is 3. The summed E-state index contributed by atoms with van der Waals surface area (Å²) in [5.74, 6) is -2.93. The van der Waals surface area contributed by atoms with Crippen LogP contribution in [0.25, 0.3) is 22.3 Å². The maximum atomic E-state index is 14.4. The van der Waals surface area contributed by atoms with Crippen LogP contribution in [0.1, 0.15) is 15.9 Å². The number of carbonyl (C=O) groups is 1. The Morgan fingerprint density at radius 2 is 1.38 bits per heavy atom. The van der Waals surface area contributed by atoms with Crippen molar-refractivity contribution in [3.8, 4) is 22.3 Å². The van der Waals surface area contributed by atoms with Gasteiger partial charge in [-0.05, 0) is 30.2 Å². The molecule has 0 spiro atoms. The average Bonchev–Trinajstić information content (AvgIpc) is 2.58. The molecule has 0 heterocycles. The first-order chi connectivity index (χ1) is 11.5. The first-order valence-corrected chi connectivity index (χ1v) is 7.31. The maximum absolute atomic E-state index is 14.4. The summed E-state index contributed by atoms with van der Waals surface area (Å²) in [5.41, 5.74) is 1.89. The Labute approximate surface area is 137 Å². The molecule has 0 aliphatic carbocycles. The largest absolute Gasteiger partial charge is 0.298 e. The summed E-state index contributed by atoms with van der Waals surface area (Å²) in [6.45, 7) is 1.93. The smallest absolute Gasteiger partial charge is 0.169 e. The van der Waals surface area contributed by atoms with Gasteiger partial charge in [0.05, 0.1) is 5.56 Å². The van der Waals surface area contributed by atoms with Gasteiger partial charge in [0.25, 0.3) is 0 Å². The summed E-state index contributed by atoms with van der Waals surface area (Å²) in [7, 11) is 0. The highest BCUT2D eigenvalue weighted by atomic mass is 19.2. The van der Waals surface area contributed by atoms with E-state index in [0.29, 0.717) is 11.1 Å². The minimum Gasteiger partial charge on any atom is -0.298 e. The van der Waals surface area contributed by atoms with Crippen molar-refractivity contribution in [2.45, 2.75) is 6.92 Å². The average molecular weight is 326 g/mol. The number of hydrogen-bond donors (Lipinski definition) is 0. The highest BCUT2D eigenvalue weighted by Gasteiger charge is 2.16. The number of hydrogen-bond acceptors (Lipinski definition) is 1. The van der Waals surface area contributed by atoms with Crippen LogP contribution in [0.2, 0.25) is 0 Å². The number of rotatable bonds is 3. The van der Waals surface area contributed by atoms with Crippen molar-refractivity contribution in [3.63, 3.8) is 0 Å². The van der Waals surface area contributed by atoms with E-state index in [0.717, 1.165) is 11.6 Å². The van der Waals surface area contributed by atoms with E-state index in [1.807, 2.05) is 19.1 Å². The first-order valence-electron chi connectivity index (χ1n) is 7.31. The summed E-state index contributed by atoms with van der Waals surface area (Å²) < 4.78 is 42.2. The zero-order valence-electron chi connectivity index (χ0n) is 12.8. The Balaban J connectivity index is 2.06. The van der Waals surface area contributed by atoms with Crippen LogP contribution in [0.5, 0.6) is 0 Å². The van der Waals surface area contributed by atoms with E-state index in [4.69, 9.17) is 0 Å². The van der Waals surface area contributed by atoms with Gasteiger partial charge in [-0.3, -0.25) is 4.79 Å². The normalized spacial score (nSPS) is 10.7. The molecule has 24 heavy (non-hydrogen) atoms. The van der Waals surface area contributed by atoms with E-state index in [1.54, 1.807) is 12.1 Å². The van der Waals surface area contributed by atoms with Crippen molar-refractivity contribution < 1.29 is 18.0 Å². The molecule has 0 aliphatic rings. The molecule has 0 radical (unpaired) electrons. The van der Waals surface area contributed by atoms with Gasteiger partial charge in [0, 0.05) is 11.1 Å². The Hall–Kier alpha value is -2.88. The lowest BCUT2D eigenvalue weighted by molar-refractivity contribution is 0.111. The molecule has 0 N–H and O–H groups in total. The van der Waals surface area contributed by atoms with Crippen molar-refractivity contribution in [2.24, 2.45) is 0 Å². The van der Waals surface area contributed by atoms with Crippen molar-refractivity contribution in [1.29, 1.82) is 0 Å². The van der Waals surface area contributed by atoms with Crippen LogP contribution in [0.15, 0.2) is 54.6 Å². The molecule has 0 amide bonds. The van der Waals surface area contributed by atoms with Gasteiger partial charge in [-0.2, -0.15) is 0 Å². The lowest BCUT2D eigenvalue weighted by atomic mass is 9.98. The third-order valence-corrected chi connectivity index (χ3v) is 3.88. The quantitative estimate of drug-likeness (QED) is 0.576. The number of halogens is 3. The molecule has 120 valence electrons. The topological polar surface area (TPSA) is 17.1 Å². The van der Waals surface area contributed by atoms with Gasteiger partial charge in [0.15, 0.2) is 17.9 Å². The predicted molar refractivity (Wildman–Crippen MR) is 87.3 cm³/mol. The Morgan fingerprint density at radius 3 is 2.00 bits per heavy atom. The predicted octanol–water partition coefficient (Wildman–Crippen LogP) is 5.56. The fraction of sp³-hybridized carbons (Fsp3) is 0.0500. The van der Waals surface area contributed by atoms with Crippen molar-refractivity contribution >= 4 is 6.29 Å². The Morgan fingerprint density at radius 1 is 0.750 bits per heavy atom. The van der Waals surface area contributed by atoms with E-state index in [2.05, 4.69) is 0 Å². The molecular weight excluding hydrogens is 313 g/mol. The highest BCUT2D eigenvalue weighted by molar-refractivity contribution is 5.78. The standard InChI is InChI=1S/C20H13F3O/c1-12-2-4-13(5-3-12)16-8-6-14(10-18(16)21)17-9-7-15(11-24)19(22)20(17)23/h2-11H,1H3. The second-order valence-electron chi connectivity index (χ2n) is 5.51. The van der Waals surface area contributed by atoms with E-state index in [-0.39, 0.29) is 23.0 Å².